The van der Waals surface area contributed by atoms with Crippen LogP contribution in [0.2, 0.25) is 0 Å². The highest BCUT2D eigenvalue weighted by Crippen LogP contribution is 2.61. The number of para-hydroxylation sites is 1. The van der Waals surface area contributed by atoms with Gasteiger partial charge >= 0.3 is 0 Å². The van der Waals surface area contributed by atoms with E-state index >= 15 is 4.39 Å². The van der Waals surface area contributed by atoms with Crippen molar-refractivity contribution in [1.29, 1.82) is 0 Å². The van der Waals surface area contributed by atoms with Gasteiger partial charge in [-0.3, -0.25) is 9.69 Å². The van der Waals surface area contributed by atoms with E-state index in [-0.39, 0.29) is 12.1 Å². The number of carbonyl (C=O) groups is 1. The summed E-state index contributed by atoms with van der Waals surface area (Å²) in [6.07, 6.45) is 10.4. The molecule has 4 saturated heterocycles. The predicted octanol–water partition coefficient (Wildman–Crippen LogP) is 5.85. The maximum atomic E-state index is 15.8. The van der Waals surface area contributed by atoms with E-state index in [9.17, 15) is 4.79 Å². The van der Waals surface area contributed by atoms with Gasteiger partial charge in [-0.15, -0.1) is 0 Å². The molecule has 8 fully saturated rings. The Kier molecular flexibility index (Phi) is 6.92. The van der Waals surface area contributed by atoms with E-state index in [2.05, 4.69) is 19.8 Å². The summed E-state index contributed by atoms with van der Waals surface area (Å²) in [5.41, 5.74) is 9.04. The number of benzene rings is 2. The molecule has 2 aromatic carbocycles. The molecule has 1 amide bonds. The first kappa shape index (κ1) is 31.4. The molecule has 0 radical (unpaired) electrons. The first-order chi connectivity index (χ1) is 25.3. The van der Waals surface area contributed by atoms with Gasteiger partial charge in [0.15, 0.2) is 5.65 Å². The molecule has 6 heterocycles. The number of quaternary nitrogens is 1. The largest absolute Gasteiger partial charge is 0.457 e. The van der Waals surface area contributed by atoms with Gasteiger partial charge in [-0.05, 0) is 98.1 Å². The van der Waals surface area contributed by atoms with Gasteiger partial charge in [0, 0.05) is 37.5 Å². The molecule has 12 rings (SSSR count). The topological polar surface area (TPSA) is 102 Å². The third-order valence-electron chi connectivity index (χ3n) is 14.7. The number of nitrogens with zero attached hydrogens (tertiary/aromatic N) is 7. The Morgan fingerprint density at radius 1 is 0.923 bits per heavy atom. The number of rotatable bonds is 8. The zero-order chi connectivity index (χ0) is 34.8. The summed E-state index contributed by atoms with van der Waals surface area (Å²) in [5.74, 6) is 4.91. The highest BCUT2D eigenvalue weighted by molar-refractivity contribution is 5.98. The maximum Gasteiger partial charge on any atom is 0.223 e. The molecule has 4 aromatic rings. The average molecular weight is 704 g/mol. The molecule has 52 heavy (non-hydrogen) atoms. The number of fused-ring (bicyclic) bond motifs is 2. The van der Waals surface area contributed by atoms with Crippen molar-refractivity contribution < 1.29 is 18.4 Å². The lowest BCUT2D eigenvalue weighted by Gasteiger charge is -2.62. The first-order valence-corrected chi connectivity index (χ1v) is 19.7. The Labute approximate surface area is 303 Å². The average Bonchev–Trinajstić information content (AvgIpc) is 3.61. The van der Waals surface area contributed by atoms with Crippen LogP contribution in [0.4, 0.5) is 10.2 Å². The van der Waals surface area contributed by atoms with Crippen molar-refractivity contribution in [3.63, 3.8) is 0 Å². The van der Waals surface area contributed by atoms with Crippen LogP contribution in [0.3, 0.4) is 0 Å². The minimum absolute atomic E-state index is 0.106. The van der Waals surface area contributed by atoms with Crippen molar-refractivity contribution >= 4 is 22.8 Å². The van der Waals surface area contributed by atoms with Gasteiger partial charge < -0.3 is 19.9 Å². The van der Waals surface area contributed by atoms with Gasteiger partial charge in [0.2, 0.25) is 12.1 Å². The van der Waals surface area contributed by atoms with E-state index < -0.39 is 6.17 Å². The Morgan fingerprint density at radius 3 is 2.31 bits per heavy atom. The van der Waals surface area contributed by atoms with Crippen molar-refractivity contribution in [2.45, 2.75) is 81.7 Å². The number of hydrogen-bond donors (Lipinski definition) is 1. The van der Waals surface area contributed by atoms with E-state index in [1.807, 2.05) is 59.3 Å². The molecule has 8 aliphatic rings. The number of carbonyl (C=O) groups excluding carboxylic acids is 1. The molecule has 4 bridgehead atoms. The monoisotopic (exact) mass is 703 g/mol. The van der Waals surface area contributed by atoms with Crippen LogP contribution in [0.1, 0.15) is 57.4 Å². The van der Waals surface area contributed by atoms with Gasteiger partial charge in [0.25, 0.3) is 0 Å². The van der Waals surface area contributed by atoms with Crippen LogP contribution in [-0.2, 0) is 4.79 Å². The predicted molar refractivity (Wildman–Crippen MR) is 195 cm³/mol. The number of aromatic nitrogens is 4. The fourth-order valence-corrected chi connectivity index (χ4v) is 12.6. The molecule has 2 N–H and O–H groups in total. The quantitative estimate of drug-likeness (QED) is 0.230. The van der Waals surface area contributed by atoms with Gasteiger partial charge in [0.05, 0.1) is 25.0 Å². The molecule has 4 aliphatic heterocycles. The lowest BCUT2D eigenvalue weighted by molar-refractivity contribution is -1.01. The summed E-state index contributed by atoms with van der Waals surface area (Å²) >= 11 is 0. The molecule has 4 aliphatic carbocycles. The second-order valence-electron chi connectivity index (χ2n) is 17.7. The van der Waals surface area contributed by atoms with Crippen molar-refractivity contribution in [1.82, 2.24) is 29.5 Å². The second-order valence-corrected chi connectivity index (χ2v) is 17.7. The zero-order valence-electron chi connectivity index (χ0n) is 29.7. The van der Waals surface area contributed by atoms with E-state index in [4.69, 9.17) is 15.6 Å². The molecule has 4 atom stereocenters. The van der Waals surface area contributed by atoms with E-state index in [0.29, 0.717) is 52.5 Å². The van der Waals surface area contributed by atoms with Crippen LogP contribution < -0.4 is 10.5 Å². The van der Waals surface area contributed by atoms with Crippen LogP contribution in [0.5, 0.6) is 11.5 Å². The number of hydrogen-bond acceptors (Lipinski definition) is 7. The van der Waals surface area contributed by atoms with Gasteiger partial charge in [0.1, 0.15) is 54.0 Å². The highest BCUT2D eigenvalue weighted by atomic mass is 19.1. The highest BCUT2D eigenvalue weighted by Gasteiger charge is 2.68. The SMILES string of the molecule is Nc1ncnc2c1c(-c1ccc(Oc3ccccc3)cc1)nn2C1CC[N+]2(C3CN(C4CN(C(=O)CC56CC7CC(CC(C7)C5)C6)C4)C3)CC(F)[C@@H]12. The fraction of sp³-hybridized carbons (Fsp3) is 0.561. The molecule has 2 aromatic heterocycles. The molecule has 270 valence electrons. The lowest BCUT2D eigenvalue weighted by atomic mass is 9.49. The fourth-order valence-electron chi connectivity index (χ4n) is 12.6. The maximum absolute atomic E-state index is 15.8. The van der Waals surface area contributed by atoms with Crippen molar-refractivity contribution in [2.24, 2.45) is 23.2 Å². The summed E-state index contributed by atoms with van der Waals surface area (Å²) in [6, 6.07) is 18.1. The number of halogens is 1. The van der Waals surface area contributed by atoms with Gasteiger partial charge in [-0.25, -0.2) is 19.0 Å². The number of anilines is 1. The molecular formula is C41H48FN8O2+. The summed E-state index contributed by atoms with van der Waals surface area (Å²) in [7, 11) is 0. The summed E-state index contributed by atoms with van der Waals surface area (Å²) in [4.78, 5) is 27.2. The molecule has 4 saturated carbocycles. The molecule has 0 spiro atoms. The van der Waals surface area contributed by atoms with E-state index in [1.165, 1.54) is 44.9 Å². The number of nitrogens with two attached hydrogens (primary N) is 1. The summed E-state index contributed by atoms with van der Waals surface area (Å²) in [5, 5.41) is 5.84. The number of amides is 1. The molecular weight excluding hydrogens is 656 g/mol. The Balaban J connectivity index is 0.765. The van der Waals surface area contributed by atoms with Crippen LogP contribution in [0.15, 0.2) is 60.9 Å². The minimum atomic E-state index is -0.876. The van der Waals surface area contributed by atoms with Crippen molar-refractivity contribution in [3.8, 4) is 22.8 Å². The third-order valence-corrected chi connectivity index (χ3v) is 14.7. The van der Waals surface area contributed by atoms with Crippen molar-refractivity contribution in [2.75, 3.05) is 45.0 Å². The summed E-state index contributed by atoms with van der Waals surface area (Å²) < 4.78 is 24.6. The zero-order valence-corrected chi connectivity index (χ0v) is 29.7. The van der Waals surface area contributed by atoms with Crippen LogP contribution in [0.25, 0.3) is 22.3 Å². The normalized spacial score (nSPS) is 35.3. The van der Waals surface area contributed by atoms with E-state index in [1.54, 1.807) is 0 Å². The van der Waals surface area contributed by atoms with Crippen LogP contribution in [0, 0.1) is 23.2 Å². The number of ether oxygens (including phenoxy) is 1. The van der Waals surface area contributed by atoms with Crippen LogP contribution in [-0.4, -0.2) is 104 Å². The molecule has 10 nitrogen and oxygen atoms in total. The number of alkyl halides is 1. The Morgan fingerprint density at radius 2 is 1.62 bits per heavy atom. The summed E-state index contributed by atoms with van der Waals surface area (Å²) in [6.45, 7) is 5.20. The first-order valence-electron chi connectivity index (χ1n) is 19.7. The Bertz CT molecular complexity index is 1990. The minimum Gasteiger partial charge on any atom is -0.457 e. The number of nitrogen functional groups attached to an aromatic ring is 1. The molecule has 3 unspecified atom stereocenters. The van der Waals surface area contributed by atoms with Gasteiger partial charge in [-0.1, -0.05) is 18.2 Å². The Hall–Kier alpha value is -4.09. The van der Waals surface area contributed by atoms with Crippen LogP contribution >= 0.6 is 0 Å². The van der Waals surface area contributed by atoms with Gasteiger partial charge in [-0.2, -0.15) is 5.10 Å². The van der Waals surface area contributed by atoms with E-state index in [0.717, 1.165) is 84.9 Å². The smallest absolute Gasteiger partial charge is 0.223 e. The third kappa shape index (κ3) is 4.80. The van der Waals surface area contributed by atoms with Crippen molar-refractivity contribution in [3.05, 3.63) is 60.9 Å². The lowest BCUT2D eigenvalue weighted by Crippen LogP contribution is -2.82. The number of likely N-dealkylation sites (tertiary alicyclic amines) is 2. The standard InChI is InChI=1S/C41H48FN8O2/c42-33-23-50(30-21-47(22-30)29-19-48(20-29)35(51)18-41-15-25-12-26(16-41)14-27(13-25)17-41)11-10-34(38(33)50)49-40-36(39(43)44-24-45-40)37(46-49)28-6-8-32(9-7-28)52-31-4-2-1-3-5-31/h1-9,24-27,29-30,33-34,38H,10-23H2,(H2,43,44,45)/q+1/t25?,26?,27?,33?,34?,38-,41?,50?/m0/s1. The molecule has 11 heteroatoms. The second kappa shape index (κ2) is 11.5.